The highest BCUT2D eigenvalue weighted by atomic mass is 16.5. The van der Waals surface area contributed by atoms with Crippen LogP contribution in [0.5, 0.6) is 5.75 Å². The fraction of sp³-hybridized carbons (Fsp3) is 0.462. The number of carboxylic acid groups (broad SMARTS) is 1. The van der Waals surface area contributed by atoms with Crippen LogP contribution in [0.25, 0.3) is 0 Å². The van der Waals surface area contributed by atoms with Gasteiger partial charge in [0.2, 0.25) is 0 Å². The SMILES string of the molecule is COc1c(C(N)C(=O)O)cccc1C(C)(C)C. The lowest BCUT2D eigenvalue weighted by Crippen LogP contribution is -2.23. The summed E-state index contributed by atoms with van der Waals surface area (Å²) < 4.78 is 5.33. The maximum absolute atomic E-state index is 10.9. The summed E-state index contributed by atoms with van der Waals surface area (Å²) in [7, 11) is 1.53. The Kier molecular flexibility index (Phi) is 3.78. The lowest BCUT2D eigenvalue weighted by molar-refractivity contribution is -0.138. The molecule has 1 rings (SSSR count). The van der Waals surface area contributed by atoms with Crippen LogP contribution in [0.2, 0.25) is 0 Å². The largest absolute Gasteiger partial charge is 0.496 e. The van der Waals surface area contributed by atoms with Gasteiger partial charge in [-0.25, -0.2) is 0 Å². The second-order valence-corrected chi connectivity index (χ2v) is 4.99. The molecule has 1 aromatic carbocycles. The number of carbonyl (C=O) groups is 1. The average molecular weight is 237 g/mol. The van der Waals surface area contributed by atoms with Gasteiger partial charge in [0.25, 0.3) is 0 Å². The first-order valence-corrected chi connectivity index (χ1v) is 5.44. The Bertz CT molecular complexity index is 421. The quantitative estimate of drug-likeness (QED) is 0.844. The second kappa shape index (κ2) is 4.75. The van der Waals surface area contributed by atoms with Crippen LogP contribution < -0.4 is 10.5 Å². The third-order valence-corrected chi connectivity index (χ3v) is 2.66. The van der Waals surface area contributed by atoms with E-state index >= 15 is 0 Å². The molecule has 4 nitrogen and oxygen atoms in total. The van der Waals surface area contributed by atoms with Crippen molar-refractivity contribution in [2.75, 3.05) is 7.11 Å². The van der Waals surface area contributed by atoms with Gasteiger partial charge in [-0.3, -0.25) is 4.79 Å². The zero-order valence-corrected chi connectivity index (χ0v) is 10.7. The van der Waals surface area contributed by atoms with Crippen LogP contribution in [0.3, 0.4) is 0 Å². The van der Waals surface area contributed by atoms with Crippen molar-refractivity contribution in [1.29, 1.82) is 0 Å². The number of ether oxygens (including phenoxy) is 1. The number of benzene rings is 1. The van der Waals surface area contributed by atoms with Gasteiger partial charge in [0.05, 0.1) is 7.11 Å². The van der Waals surface area contributed by atoms with Gasteiger partial charge in [-0.15, -0.1) is 0 Å². The molecule has 0 amide bonds. The zero-order valence-electron chi connectivity index (χ0n) is 10.7. The summed E-state index contributed by atoms with van der Waals surface area (Å²) in [6.07, 6.45) is 0. The first-order valence-electron chi connectivity index (χ1n) is 5.44. The van der Waals surface area contributed by atoms with E-state index in [1.807, 2.05) is 26.8 Å². The summed E-state index contributed by atoms with van der Waals surface area (Å²) >= 11 is 0. The van der Waals surface area contributed by atoms with Gasteiger partial charge >= 0.3 is 5.97 Å². The molecule has 0 radical (unpaired) electrons. The Morgan fingerprint density at radius 1 is 1.41 bits per heavy atom. The Morgan fingerprint density at radius 3 is 2.41 bits per heavy atom. The van der Waals surface area contributed by atoms with Gasteiger partial charge in [0.15, 0.2) is 0 Å². The lowest BCUT2D eigenvalue weighted by atomic mass is 9.84. The third kappa shape index (κ3) is 2.77. The summed E-state index contributed by atoms with van der Waals surface area (Å²) in [5.41, 5.74) is 6.98. The summed E-state index contributed by atoms with van der Waals surface area (Å²) in [6.45, 7) is 6.13. The Labute approximate surface area is 101 Å². The number of hydrogen-bond donors (Lipinski definition) is 2. The number of hydrogen-bond acceptors (Lipinski definition) is 3. The number of aliphatic carboxylic acids is 1. The Balaban J connectivity index is 3.39. The Hall–Kier alpha value is -1.55. The molecule has 0 aliphatic rings. The number of para-hydroxylation sites is 1. The van der Waals surface area contributed by atoms with Crippen LogP contribution in [-0.2, 0) is 10.2 Å². The molecule has 17 heavy (non-hydrogen) atoms. The van der Waals surface area contributed by atoms with E-state index in [1.54, 1.807) is 12.1 Å². The highest BCUT2D eigenvalue weighted by Crippen LogP contribution is 2.35. The van der Waals surface area contributed by atoms with Gasteiger partial charge in [0, 0.05) is 5.56 Å². The van der Waals surface area contributed by atoms with Crippen molar-refractivity contribution in [3.05, 3.63) is 29.3 Å². The zero-order chi connectivity index (χ0) is 13.2. The molecule has 0 bridgehead atoms. The molecule has 0 aliphatic heterocycles. The summed E-state index contributed by atoms with van der Waals surface area (Å²) in [5.74, 6) is -0.496. The fourth-order valence-electron chi connectivity index (χ4n) is 1.75. The van der Waals surface area contributed by atoms with Crippen molar-refractivity contribution in [2.45, 2.75) is 32.2 Å². The minimum atomic E-state index is -1.06. The van der Waals surface area contributed by atoms with Crippen molar-refractivity contribution in [2.24, 2.45) is 5.73 Å². The highest BCUT2D eigenvalue weighted by Gasteiger charge is 2.25. The molecule has 0 aromatic heterocycles. The van der Waals surface area contributed by atoms with Crippen LogP contribution >= 0.6 is 0 Å². The minimum absolute atomic E-state index is 0.125. The molecule has 0 heterocycles. The Morgan fingerprint density at radius 2 is 2.00 bits per heavy atom. The van der Waals surface area contributed by atoms with E-state index in [4.69, 9.17) is 15.6 Å². The van der Waals surface area contributed by atoms with Crippen molar-refractivity contribution in [3.63, 3.8) is 0 Å². The summed E-state index contributed by atoms with van der Waals surface area (Å²) in [5, 5.41) is 8.97. The maximum Gasteiger partial charge on any atom is 0.325 e. The van der Waals surface area contributed by atoms with Gasteiger partial charge < -0.3 is 15.6 Å². The molecule has 0 fully saturated rings. The van der Waals surface area contributed by atoms with E-state index in [2.05, 4.69) is 0 Å². The molecule has 3 N–H and O–H groups in total. The molecule has 0 saturated heterocycles. The molecule has 0 spiro atoms. The van der Waals surface area contributed by atoms with E-state index in [1.165, 1.54) is 7.11 Å². The topological polar surface area (TPSA) is 72.5 Å². The molecule has 4 heteroatoms. The van der Waals surface area contributed by atoms with Crippen LogP contribution in [0.15, 0.2) is 18.2 Å². The van der Waals surface area contributed by atoms with Crippen LogP contribution in [0.4, 0.5) is 0 Å². The second-order valence-electron chi connectivity index (χ2n) is 4.99. The van der Waals surface area contributed by atoms with Gasteiger partial charge in [-0.2, -0.15) is 0 Å². The number of carboxylic acids is 1. The van der Waals surface area contributed by atoms with Crippen LogP contribution in [-0.4, -0.2) is 18.2 Å². The van der Waals surface area contributed by atoms with E-state index in [0.717, 1.165) is 5.56 Å². The minimum Gasteiger partial charge on any atom is -0.496 e. The van der Waals surface area contributed by atoms with Gasteiger partial charge in [-0.05, 0) is 11.0 Å². The molecule has 1 aromatic rings. The van der Waals surface area contributed by atoms with E-state index in [0.29, 0.717) is 11.3 Å². The lowest BCUT2D eigenvalue weighted by Gasteiger charge is -2.24. The van der Waals surface area contributed by atoms with E-state index in [-0.39, 0.29) is 5.41 Å². The number of rotatable bonds is 3. The number of methoxy groups -OCH3 is 1. The highest BCUT2D eigenvalue weighted by molar-refractivity contribution is 5.76. The maximum atomic E-state index is 10.9. The predicted octanol–water partition coefficient (Wildman–Crippen LogP) is 2.08. The van der Waals surface area contributed by atoms with Crippen molar-refractivity contribution in [3.8, 4) is 5.75 Å². The summed E-state index contributed by atoms with van der Waals surface area (Å²) in [4.78, 5) is 10.9. The number of nitrogens with two attached hydrogens (primary N) is 1. The molecular formula is C13H19NO3. The standard InChI is InChI=1S/C13H19NO3/c1-13(2,3)9-7-5-6-8(11(9)17-4)10(14)12(15)16/h5-7,10H,14H2,1-4H3,(H,15,16). The molecule has 1 unspecified atom stereocenters. The molecule has 0 saturated carbocycles. The van der Waals surface area contributed by atoms with Crippen molar-refractivity contribution >= 4 is 5.97 Å². The fourth-order valence-corrected chi connectivity index (χ4v) is 1.75. The normalized spacial score (nSPS) is 13.2. The molecule has 1 atom stereocenters. The van der Waals surface area contributed by atoms with E-state index in [9.17, 15) is 4.79 Å². The van der Waals surface area contributed by atoms with Gasteiger partial charge in [-0.1, -0.05) is 39.0 Å². The van der Waals surface area contributed by atoms with Crippen LogP contribution in [0.1, 0.15) is 37.9 Å². The summed E-state index contributed by atoms with van der Waals surface area (Å²) in [6, 6.07) is 4.36. The molecule has 94 valence electrons. The third-order valence-electron chi connectivity index (χ3n) is 2.66. The average Bonchev–Trinajstić information content (AvgIpc) is 2.25. The smallest absolute Gasteiger partial charge is 0.325 e. The monoisotopic (exact) mass is 237 g/mol. The van der Waals surface area contributed by atoms with Crippen molar-refractivity contribution in [1.82, 2.24) is 0 Å². The molecular weight excluding hydrogens is 218 g/mol. The first-order chi connectivity index (χ1) is 7.79. The predicted molar refractivity (Wildman–Crippen MR) is 66.3 cm³/mol. The van der Waals surface area contributed by atoms with E-state index < -0.39 is 12.0 Å². The molecule has 0 aliphatic carbocycles. The van der Waals surface area contributed by atoms with Crippen molar-refractivity contribution < 1.29 is 14.6 Å². The van der Waals surface area contributed by atoms with Crippen LogP contribution in [0, 0.1) is 0 Å². The first kappa shape index (κ1) is 13.5. The van der Waals surface area contributed by atoms with Gasteiger partial charge in [0.1, 0.15) is 11.8 Å².